The van der Waals surface area contributed by atoms with Crippen LogP contribution in [-0.4, -0.2) is 46.8 Å². The summed E-state index contributed by atoms with van der Waals surface area (Å²) in [5.41, 5.74) is -1.53. The number of amides is 2. The maximum atomic E-state index is 12.7. The molecule has 0 radical (unpaired) electrons. The summed E-state index contributed by atoms with van der Waals surface area (Å²) in [5.74, 6) is 0.100. The molecule has 1 rings (SSSR count). The van der Waals surface area contributed by atoms with Gasteiger partial charge in [-0.25, -0.2) is 4.79 Å². The van der Waals surface area contributed by atoms with Gasteiger partial charge in [0.2, 0.25) is 5.91 Å². The van der Waals surface area contributed by atoms with Crippen LogP contribution in [-0.2, 0) is 9.53 Å². The summed E-state index contributed by atoms with van der Waals surface area (Å²) in [4.78, 5) is 26.4. The van der Waals surface area contributed by atoms with Gasteiger partial charge in [0.05, 0.1) is 11.6 Å². The predicted octanol–water partition coefficient (Wildman–Crippen LogP) is 3.35. The first-order chi connectivity index (χ1) is 11.0. The molecular formula is C18H33N3O3. The predicted molar refractivity (Wildman–Crippen MR) is 95.4 cm³/mol. The molecular weight excluding hydrogens is 306 g/mol. The van der Waals surface area contributed by atoms with Crippen LogP contribution in [0.1, 0.15) is 67.2 Å². The van der Waals surface area contributed by atoms with Gasteiger partial charge in [-0.05, 0) is 53.9 Å². The molecule has 1 saturated carbocycles. The van der Waals surface area contributed by atoms with Gasteiger partial charge in [-0.2, -0.15) is 0 Å². The maximum Gasteiger partial charge on any atom is 0.411 e. The van der Waals surface area contributed by atoms with Gasteiger partial charge in [0.25, 0.3) is 0 Å². The van der Waals surface area contributed by atoms with Gasteiger partial charge in [-0.1, -0.05) is 13.3 Å². The molecule has 0 aromatic heterocycles. The third-order valence-electron chi connectivity index (χ3n) is 4.41. The van der Waals surface area contributed by atoms with E-state index in [0.717, 1.165) is 25.7 Å². The molecule has 0 aromatic rings. The monoisotopic (exact) mass is 339 g/mol. The van der Waals surface area contributed by atoms with Gasteiger partial charge in [0.15, 0.2) is 0 Å². The van der Waals surface area contributed by atoms with E-state index in [1.54, 1.807) is 11.8 Å². The number of nitrogens with one attached hydrogen (secondary N) is 2. The smallest absolute Gasteiger partial charge is 0.411 e. The van der Waals surface area contributed by atoms with Crippen molar-refractivity contribution in [2.45, 2.75) is 84.4 Å². The van der Waals surface area contributed by atoms with Crippen LogP contribution < -0.4 is 5.32 Å². The van der Waals surface area contributed by atoms with E-state index in [-0.39, 0.29) is 17.9 Å². The zero-order chi connectivity index (χ0) is 18.5. The van der Waals surface area contributed by atoms with Gasteiger partial charge in [0.1, 0.15) is 5.60 Å². The summed E-state index contributed by atoms with van der Waals surface area (Å²) < 4.78 is 5.53. The third kappa shape index (κ3) is 5.49. The van der Waals surface area contributed by atoms with Gasteiger partial charge in [0, 0.05) is 18.7 Å². The summed E-state index contributed by atoms with van der Waals surface area (Å²) in [7, 11) is 0. The average molecular weight is 339 g/mol. The van der Waals surface area contributed by atoms with Crippen LogP contribution >= 0.6 is 0 Å². The van der Waals surface area contributed by atoms with E-state index < -0.39 is 17.2 Å². The van der Waals surface area contributed by atoms with Crippen molar-refractivity contribution in [2.75, 3.05) is 6.54 Å². The first-order valence-electron chi connectivity index (χ1n) is 8.87. The Morgan fingerprint density at radius 1 is 1.33 bits per heavy atom. The standard InChI is InChI=1S/C18H33N3O3/c1-7-8-11-21(16(23)24-17(3,4)5)18(6,12-19)13(2)20-15(22)14-9-10-14/h12-14,19H,7-11H2,1-6H3,(H,20,22)/t13?,18-/m1/s1. The second-order valence-corrected chi connectivity index (χ2v) is 7.86. The van der Waals surface area contributed by atoms with E-state index in [1.165, 1.54) is 6.21 Å². The fourth-order valence-electron chi connectivity index (χ4n) is 2.42. The third-order valence-corrected chi connectivity index (χ3v) is 4.41. The van der Waals surface area contributed by atoms with E-state index in [1.807, 2.05) is 34.6 Å². The molecule has 0 bridgehead atoms. The zero-order valence-corrected chi connectivity index (χ0v) is 15.9. The molecule has 0 saturated heterocycles. The minimum atomic E-state index is -0.929. The second kappa shape index (κ2) is 7.99. The first-order valence-corrected chi connectivity index (χ1v) is 8.87. The van der Waals surface area contributed by atoms with Crippen LogP contribution in [0.5, 0.6) is 0 Å². The highest BCUT2D eigenvalue weighted by atomic mass is 16.6. The van der Waals surface area contributed by atoms with Crippen molar-refractivity contribution in [1.82, 2.24) is 10.2 Å². The maximum absolute atomic E-state index is 12.7. The molecule has 138 valence electrons. The molecule has 24 heavy (non-hydrogen) atoms. The number of carbonyl (C=O) groups is 2. The van der Waals surface area contributed by atoms with E-state index in [0.29, 0.717) is 6.54 Å². The van der Waals surface area contributed by atoms with Crippen LogP contribution in [0.25, 0.3) is 0 Å². The Morgan fingerprint density at radius 2 is 1.92 bits per heavy atom. The van der Waals surface area contributed by atoms with E-state index in [2.05, 4.69) is 5.32 Å². The molecule has 1 unspecified atom stereocenters. The molecule has 2 amide bonds. The van der Waals surface area contributed by atoms with Gasteiger partial charge in [-0.3, -0.25) is 9.69 Å². The molecule has 0 aliphatic heterocycles. The number of hydrogen-bond acceptors (Lipinski definition) is 4. The van der Waals surface area contributed by atoms with Gasteiger partial charge < -0.3 is 15.5 Å². The highest BCUT2D eigenvalue weighted by molar-refractivity contribution is 5.83. The average Bonchev–Trinajstić information content (AvgIpc) is 3.29. The Bertz CT molecular complexity index is 469. The molecule has 2 atom stereocenters. The van der Waals surface area contributed by atoms with Crippen molar-refractivity contribution in [3.05, 3.63) is 0 Å². The molecule has 1 fully saturated rings. The van der Waals surface area contributed by atoms with Crippen LogP contribution in [0.3, 0.4) is 0 Å². The molecule has 2 N–H and O–H groups in total. The highest BCUT2D eigenvalue weighted by Gasteiger charge is 2.42. The van der Waals surface area contributed by atoms with Crippen molar-refractivity contribution in [1.29, 1.82) is 5.41 Å². The first kappa shape index (κ1) is 20.5. The minimum Gasteiger partial charge on any atom is -0.444 e. The molecule has 0 aromatic carbocycles. The van der Waals surface area contributed by atoms with Crippen molar-refractivity contribution in [2.24, 2.45) is 5.92 Å². The lowest BCUT2D eigenvalue weighted by Crippen LogP contribution is -2.63. The van der Waals surface area contributed by atoms with E-state index in [9.17, 15) is 9.59 Å². The van der Waals surface area contributed by atoms with Crippen LogP contribution in [0, 0.1) is 11.3 Å². The Balaban J connectivity index is 2.96. The van der Waals surface area contributed by atoms with Gasteiger partial charge >= 0.3 is 6.09 Å². The topological polar surface area (TPSA) is 82.5 Å². The number of ether oxygens (including phenoxy) is 1. The van der Waals surface area contributed by atoms with Crippen LogP contribution in [0.4, 0.5) is 4.79 Å². The number of rotatable bonds is 8. The summed E-state index contributed by atoms with van der Waals surface area (Å²) in [5, 5.41) is 10.9. The lowest BCUT2D eigenvalue weighted by molar-refractivity contribution is -0.123. The molecule has 6 nitrogen and oxygen atoms in total. The lowest BCUT2D eigenvalue weighted by atomic mass is 9.92. The fraction of sp³-hybridized carbons (Fsp3) is 0.833. The SMILES string of the molecule is CCCCN(C(=O)OC(C)(C)C)[C@](C)(C=N)C(C)NC(=O)C1CC1. The Hall–Kier alpha value is -1.59. The summed E-state index contributed by atoms with van der Waals surface area (Å²) in [6.07, 6.45) is 4.37. The molecule has 1 aliphatic rings. The van der Waals surface area contributed by atoms with Gasteiger partial charge in [-0.15, -0.1) is 0 Å². The summed E-state index contributed by atoms with van der Waals surface area (Å²) in [6.45, 7) is 11.6. The second-order valence-electron chi connectivity index (χ2n) is 7.86. The quantitative estimate of drug-likeness (QED) is 0.665. The van der Waals surface area contributed by atoms with Crippen molar-refractivity contribution in [3.63, 3.8) is 0 Å². The van der Waals surface area contributed by atoms with Crippen molar-refractivity contribution < 1.29 is 14.3 Å². The summed E-state index contributed by atoms with van der Waals surface area (Å²) >= 11 is 0. The van der Waals surface area contributed by atoms with E-state index >= 15 is 0 Å². The number of nitrogens with zero attached hydrogens (tertiary/aromatic N) is 1. The number of unbranched alkanes of at least 4 members (excludes halogenated alkanes) is 1. The largest absolute Gasteiger partial charge is 0.444 e. The Kier molecular flexibility index (Phi) is 6.81. The fourth-order valence-corrected chi connectivity index (χ4v) is 2.42. The van der Waals surface area contributed by atoms with Crippen molar-refractivity contribution >= 4 is 18.2 Å². The Morgan fingerprint density at radius 3 is 2.33 bits per heavy atom. The Labute approximate surface area is 145 Å². The van der Waals surface area contributed by atoms with E-state index in [4.69, 9.17) is 10.1 Å². The molecule has 0 heterocycles. The van der Waals surface area contributed by atoms with Crippen LogP contribution in [0.2, 0.25) is 0 Å². The lowest BCUT2D eigenvalue weighted by Gasteiger charge is -2.43. The highest BCUT2D eigenvalue weighted by Crippen LogP contribution is 2.30. The minimum absolute atomic E-state index is 0.00945. The summed E-state index contributed by atoms with van der Waals surface area (Å²) in [6, 6.07) is -0.368. The zero-order valence-electron chi connectivity index (χ0n) is 15.9. The molecule has 6 heteroatoms. The number of hydrogen-bond donors (Lipinski definition) is 2. The van der Waals surface area contributed by atoms with Crippen molar-refractivity contribution in [3.8, 4) is 0 Å². The molecule has 0 spiro atoms. The number of carbonyl (C=O) groups excluding carboxylic acids is 2. The van der Waals surface area contributed by atoms with Crippen LogP contribution in [0.15, 0.2) is 0 Å². The molecule has 1 aliphatic carbocycles. The normalized spacial score (nSPS) is 18.2.